The molecule has 0 aromatic carbocycles. The van der Waals surface area contributed by atoms with Gasteiger partial charge in [-0.05, 0) is 39.0 Å². The summed E-state index contributed by atoms with van der Waals surface area (Å²) in [6.45, 7) is 8.93. The maximum atomic E-state index is 10.7. The summed E-state index contributed by atoms with van der Waals surface area (Å²) in [6.07, 6.45) is 2.71. The first kappa shape index (κ1) is 12.9. The van der Waals surface area contributed by atoms with E-state index in [2.05, 4.69) is 20.8 Å². The normalized spacial score (nSPS) is 16.2. The minimum Gasteiger partial charge on any atom is -0.378 e. The Bertz CT molecular complexity index is 111. The molecule has 0 aromatic heterocycles. The lowest BCUT2D eigenvalue weighted by molar-refractivity contribution is 0.0301. The van der Waals surface area contributed by atoms with Gasteiger partial charge in [0.25, 0.3) is 0 Å². The maximum absolute atomic E-state index is 10.7. The predicted molar refractivity (Wildman–Crippen MR) is 54.3 cm³/mol. The molecule has 2 atom stereocenters. The van der Waals surface area contributed by atoms with Crippen LogP contribution in [-0.4, -0.2) is 18.8 Å². The van der Waals surface area contributed by atoms with Crippen molar-refractivity contribution in [2.45, 2.75) is 59.2 Å². The van der Waals surface area contributed by atoms with Crippen LogP contribution in [0.3, 0.4) is 0 Å². The molecule has 0 fully saturated rings. The summed E-state index contributed by atoms with van der Waals surface area (Å²) in [5.41, 5.74) is 0. The molecule has 0 aliphatic carbocycles. The van der Waals surface area contributed by atoms with E-state index >= 15 is 0 Å². The molecule has 13 heavy (non-hydrogen) atoms. The minimum atomic E-state index is -0.414. The molecule has 0 aliphatic heterocycles. The number of hydrogen-bond donors (Lipinski definition) is 0. The Morgan fingerprint density at radius 1 is 1.08 bits per heavy atom. The molecule has 0 heterocycles. The highest BCUT2D eigenvalue weighted by Gasteiger charge is 2.06. The lowest BCUT2D eigenvalue weighted by atomic mass is 10.1. The van der Waals surface area contributed by atoms with Crippen molar-refractivity contribution < 1.29 is 9.84 Å². The quantitative estimate of drug-likeness (QED) is 0.563. The van der Waals surface area contributed by atoms with Crippen LogP contribution in [0.5, 0.6) is 0 Å². The highest BCUT2D eigenvalue weighted by Crippen LogP contribution is 2.07. The molecule has 0 saturated carbocycles. The third kappa shape index (κ3) is 8.26. The number of ether oxygens (including phenoxy) is 1. The van der Waals surface area contributed by atoms with E-state index in [9.17, 15) is 5.11 Å². The van der Waals surface area contributed by atoms with Crippen molar-refractivity contribution in [1.82, 2.24) is 0 Å². The summed E-state index contributed by atoms with van der Waals surface area (Å²) < 4.78 is 5.58. The van der Waals surface area contributed by atoms with Gasteiger partial charge in [0.2, 0.25) is 0 Å². The van der Waals surface area contributed by atoms with Crippen molar-refractivity contribution in [2.24, 2.45) is 5.92 Å². The van der Waals surface area contributed by atoms with Crippen LogP contribution in [0.15, 0.2) is 0 Å². The van der Waals surface area contributed by atoms with Gasteiger partial charge in [-0.3, -0.25) is 0 Å². The number of unbranched alkanes of at least 4 members (excludes halogenated alkanes) is 1. The Morgan fingerprint density at radius 3 is 2.15 bits per heavy atom. The highest BCUT2D eigenvalue weighted by atomic mass is 16.5. The van der Waals surface area contributed by atoms with Crippen molar-refractivity contribution in [1.29, 1.82) is 0 Å². The van der Waals surface area contributed by atoms with Crippen molar-refractivity contribution in [3.05, 3.63) is 0 Å². The fourth-order valence-electron chi connectivity index (χ4n) is 0.996. The molecule has 0 aliphatic rings. The average molecular weight is 187 g/mol. The zero-order valence-corrected chi connectivity index (χ0v) is 9.38. The summed E-state index contributed by atoms with van der Waals surface area (Å²) in [6, 6.07) is 0. The molecule has 0 amide bonds. The molecule has 2 nitrogen and oxygen atoms in total. The summed E-state index contributed by atoms with van der Waals surface area (Å²) >= 11 is 0. The van der Waals surface area contributed by atoms with E-state index in [1.54, 1.807) is 6.92 Å². The molecule has 0 N–H and O–H groups in total. The molecule has 79 valence electrons. The molecule has 0 spiro atoms. The summed E-state index contributed by atoms with van der Waals surface area (Å²) in [4.78, 5) is 0. The van der Waals surface area contributed by atoms with Gasteiger partial charge in [0, 0.05) is 6.61 Å². The van der Waals surface area contributed by atoms with E-state index in [0.29, 0.717) is 12.0 Å². The Labute approximate surface area is 82.3 Å². The Balaban J connectivity index is 3.16. The standard InChI is InChI=1S/C11H23O2/c1-9(2)11(4)13-8-6-5-7-10(3)12/h9-11H,5-8H2,1-4H3. The summed E-state index contributed by atoms with van der Waals surface area (Å²) in [7, 11) is 0. The average Bonchev–Trinajstić information content (AvgIpc) is 2.02. The molecule has 0 aromatic rings. The van der Waals surface area contributed by atoms with Crippen molar-refractivity contribution in [2.75, 3.05) is 6.61 Å². The monoisotopic (exact) mass is 187 g/mol. The second-order valence-corrected chi connectivity index (χ2v) is 4.13. The Kier molecular flexibility index (Phi) is 7.29. The van der Waals surface area contributed by atoms with Crippen LogP contribution in [-0.2, 0) is 9.84 Å². The van der Waals surface area contributed by atoms with Gasteiger partial charge in [-0.2, -0.15) is 0 Å². The van der Waals surface area contributed by atoms with Crippen LogP contribution in [0.4, 0.5) is 0 Å². The molecule has 2 heteroatoms. The SMILES string of the molecule is CC([O])CCCCOC(C)C(C)C. The molecule has 0 saturated heterocycles. The van der Waals surface area contributed by atoms with Crippen molar-refractivity contribution >= 4 is 0 Å². The van der Waals surface area contributed by atoms with E-state index in [0.717, 1.165) is 25.9 Å². The molecule has 1 radical (unpaired) electrons. The van der Waals surface area contributed by atoms with E-state index in [-0.39, 0.29) is 0 Å². The van der Waals surface area contributed by atoms with Gasteiger partial charge in [0.05, 0.1) is 12.2 Å². The molecule has 0 rings (SSSR count). The largest absolute Gasteiger partial charge is 0.378 e. The van der Waals surface area contributed by atoms with Crippen molar-refractivity contribution in [3.63, 3.8) is 0 Å². The van der Waals surface area contributed by atoms with Gasteiger partial charge in [-0.25, -0.2) is 5.11 Å². The molecule has 2 unspecified atom stereocenters. The first-order valence-corrected chi connectivity index (χ1v) is 5.31. The van der Waals surface area contributed by atoms with Crippen molar-refractivity contribution in [3.8, 4) is 0 Å². The van der Waals surface area contributed by atoms with Crippen LogP contribution < -0.4 is 0 Å². The van der Waals surface area contributed by atoms with E-state index in [4.69, 9.17) is 4.74 Å². The smallest absolute Gasteiger partial charge is 0.0902 e. The van der Waals surface area contributed by atoms with E-state index in [1.165, 1.54) is 0 Å². The van der Waals surface area contributed by atoms with Crippen LogP contribution in [0, 0.1) is 5.92 Å². The summed E-state index contributed by atoms with van der Waals surface area (Å²) in [5, 5.41) is 10.7. The van der Waals surface area contributed by atoms with Gasteiger partial charge >= 0.3 is 0 Å². The molecular formula is C11H23O2. The second-order valence-electron chi connectivity index (χ2n) is 4.13. The van der Waals surface area contributed by atoms with Crippen LogP contribution in [0.25, 0.3) is 0 Å². The third-order valence-electron chi connectivity index (χ3n) is 2.32. The maximum Gasteiger partial charge on any atom is 0.0902 e. The van der Waals surface area contributed by atoms with Gasteiger partial charge in [0.1, 0.15) is 0 Å². The van der Waals surface area contributed by atoms with E-state index in [1.807, 2.05) is 0 Å². The highest BCUT2D eigenvalue weighted by molar-refractivity contribution is 4.55. The molecular weight excluding hydrogens is 164 g/mol. The summed E-state index contributed by atoms with van der Waals surface area (Å²) in [5.74, 6) is 0.582. The topological polar surface area (TPSA) is 29.1 Å². The van der Waals surface area contributed by atoms with Gasteiger partial charge < -0.3 is 4.74 Å². The second kappa shape index (κ2) is 7.34. The lowest BCUT2D eigenvalue weighted by Crippen LogP contribution is -2.16. The van der Waals surface area contributed by atoms with Gasteiger partial charge in [0.15, 0.2) is 0 Å². The minimum absolute atomic E-state index is 0.338. The van der Waals surface area contributed by atoms with E-state index < -0.39 is 6.10 Å². The lowest BCUT2D eigenvalue weighted by Gasteiger charge is -2.16. The Hall–Kier alpha value is -0.0800. The third-order valence-corrected chi connectivity index (χ3v) is 2.32. The fraction of sp³-hybridized carbons (Fsp3) is 1.00. The van der Waals surface area contributed by atoms with Gasteiger partial charge in [-0.1, -0.05) is 13.8 Å². The molecule has 0 bridgehead atoms. The number of hydrogen-bond acceptors (Lipinski definition) is 1. The van der Waals surface area contributed by atoms with Gasteiger partial charge in [-0.15, -0.1) is 0 Å². The van der Waals surface area contributed by atoms with Crippen LogP contribution in [0.1, 0.15) is 47.0 Å². The predicted octanol–water partition coefficient (Wildman–Crippen LogP) is 3.04. The Morgan fingerprint density at radius 2 is 1.69 bits per heavy atom. The van der Waals surface area contributed by atoms with Crippen LogP contribution in [0.2, 0.25) is 0 Å². The number of rotatable bonds is 7. The zero-order valence-electron chi connectivity index (χ0n) is 9.38. The van der Waals surface area contributed by atoms with Crippen LogP contribution >= 0.6 is 0 Å². The first-order valence-electron chi connectivity index (χ1n) is 5.31. The first-order chi connectivity index (χ1) is 6.04. The fourth-order valence-corrected chi connectivity index (χ4v) is 0.996. The zero-order chi connectivity index (χ0) is 10.3.